The maximum absolute atomic E-state index is 4.90. The van der Waals surface area contributed by atoms with Crippen LogP contribution in [0.25, 0.3) is 0 Å². The number of hydrogen-bond donors (Lipinski definition) is 2. The number of thiazole rings is 1. The molecule has 0 atom stereocenters. The van der Waals surface area contributed by atoms with E-state index in [0.717, 1.165) is 51.1 Å². The highest BCUT2D eigenvalue weighted by Crippen LogP contribution is 2.20. The summed E-state index contributed by atoms with van der Waals surface area (Å²) in [7, 11) is 0. The number of aryl methyl sites for hydroxylation is 1. The van der Waals surface area contributed by atoms with Crippen LogP contribution in [0.3, 0.4) is 0 Å². The van der Waals surface area contributed by atoms with Crippen molar-refractivity contribution in [1.82, 2.24) is 25.4 Å². The van der Waals surface area contributed by atoms with E-state index in [9.17, 15) is 0 Å². The molecule has 0 aromatic carbocycles. The molecule has 0 unspecified atom stereocenters. The molecule has 2 saturated heterocycles. The van der Waals surface area contributed by atoms with E-state index >= 15 is 0 Å². The number of likely N-dealkylation sites (tertiary alicyclic amines) is 2. The molecule has 0 bridgehead atoms. The predicted octanol–water partition coefficient (Wildman–Crippen LogP) is 3.34. The first-order chi connectivity index (χ1) is 14.6. The molecule has 7 heteroatoms. The minimum absolute atomic E-state index is 0.698. The quantitative estimate of drug-likeness (QED) is 0.355. The average molecular weight is 435 g/mol. The van der Waals surface area contributed by atoms with E-state index in [4.69, 9.17) is 4.99 Å². The van der Waals surface area contributed by atoms with Gasteiger partial charge in [-0.15, -0.1) is 11.3 Å². The van der Waals surface area contributed by atoms with Crippen LogP contribution in [0.2, 0.25) is 0 Å². The molecule has 0 aliphatic carbocycles. The van der Waals surface area contributed by atoms with Gasteiger partial charge >= 0.3 is 0 Å². The van der Waals surface area contributed by atoms with Crippen molar-refractivity contribution >= 4 is 17.3 Å². The molecule has 0 amide bonds. The van der Waals surface area contributed by atoms with Crippen molar-refractivity contribution in [3.8, 4) is 0 Å². The van der Waals surface area contributed by atoms with Crippen molar-refractivity contribution in [2.45, 2.75) is 59.4 Å². The van der Waals surface area contributed by atoms with Gasteiger partial charge in [0.05, 0.1) is 10.7 Å². The molecule has 3 heterocycles. The fourth-order valence-electron chi connectivity index (χ4n) is 4.39. The standard InChI is InChI=1S/C23H42N6S/c1-4-24-23(25-10-5-11-28-12-6-19(2)7-13-28)26-16-21-8-14-29(15-9-21)17-22-18-30-20(3)27-22/h18-19,21H,4-17H2,1-3H3,(H2,24,25,26). The Labute approximate surface area is 187 Å². The number of rotatable bonds is 9. The van der Waals surface area contributed by atoms with E-state index in [1.165, 1.54) is 62.4 Å². The summed E-state index contributed by atoms with van der Waals surface area (Å²) in [6, 6.07) is 0. The Hall–Kier alpha value is -1.18. The first-order valence-electron chi connectivity index (χ1n) is 12.0. The smallest absolute Gasteiger partial charge is 0.191 e. The van der Waals surface area contributed by atoms with E-state index in [-0.39, 0.29) is 0 Å². The molecule has 6 nitrogen and oxygen atoms in total. The Morgan fingerprint density at radius 3 is 2.53 bits per heavy atom. The lowest BCUT2D eigenvalue weighted by Crippen LogP contribution is -2.40. The number of piperidine rings is 2. The number of nitrogens with zero attached hydrogens (tertiary/aromatic N) is 4. The highest BCUT2D eigenvalue weighted by atomic mass is 32.1. The minimum Gasteiger partial charge on any atom is -0.357 e. The van der Waals surface area contributed by atoms with Crippen LogP contribution in [0.4, 0.5) is 0 Å². The SMILES string of the molecule is CCNC(=NCC1CCN(Cc2csc(C)n2)CC1)NCCCN1CCC(C)CC1. The van der Waals surface area contributed by atoms with Gasteiger partial charge in [-0.25, -0.2) is 4.98 Å². The zero-order valence-corrected chi connectivity index (χ0v) is 20.1. The van der Waals surface area contributed by atoms with Crippen LogP contribution in [0.1, 0.15) is 56.7 Å². The molecule has 0 saturated carbocycles. The molecule has 1 aromatic rings. The highest BCUT2D eigenvalue weighted by molar-refractivity contribution is 7.09. The van der Waals surface area contributed by atoms with Crippen molar-refractivity contribution in [2.24, 2.45) is 16.8 Å². The minimum atomic E-state index is 0.698. The van der Waals surface area contributed by atoms with E-state index in [2.05, 4.69) is 51.6 Å². The van der Waals surface area contributed by atoms with Gasteiger partial charge in [0.25, 0.3) is 0 Å². The third kappa shape index (κ3) is 8.16. The average Bonchev–Trinajstić information content (AvgIpc) is 3.16. The van der Waals surface area contributed by atoms with E-state index in [0.29, 0.717) is 5.92 Å². The third-order valence-electron chi connectivity index (χ3n) is 6.43. The molecular weight excluding hydrogens is 392 g/mol. The Kier molecular flexibility index (Phi) is 9.88. The fraction of sp³-hybridized carbons (Fsp3) is 0.826. The highest BCUT2D eigenvalue weighted by Gasteiger charge is 2.20. The molecule has 170 valence electrons. The summed E-state index contributed by atoms with van der Waals surface area (Å²) < 4.78 is 0. The van der Waals surface area contributed by atoms with Gasteiger partial charge in [0, 0.05) is 31.6 Å². The molecular formula is C23H42N6S. The molecule has 30 heavy (non-hydrogen) atoms. The summed E-state index contributed by atoms with van der Waals surface area (Å²) in [5, 5.41) is 10.3. The first-order valence-corrected chi connectivity index (χ1v) is 12.9. The summed E-state index contributed by atoms with van der Waals surface area (Å²) >= 11 is 1.75. The second kappa shape index (κ2) is 12.6. The first kappa shape index (κ1) is 23.5. The largest absolute Gasteiger partial charge is 0.357 e. The summed E-state index contributed by atoms with van der Waals surface area (Å²) in [5.74, 6) is 2.60. The number of aliphatic imine (C=N–C) groups is 1. The molecule has 0 spiro atoms. The second-order valence-corrected chi connectivity index (χ2v) is 10.2. The van der Waals surface area contributed by atoms with E-state index in [1.807, 2.05) is 0 Å². The summed E-state index contributed by atoms with van der Waals surface area (Å²) in [5.41, 5.74) is 1.23. The Bertz CT molecular complexity index is 629. The molecule has 0 radical (unpaired) electrons. The summed E-state index contributed by atoms with van der Waals surface area (Å²) in [4.78, 5) is 14.7. The van der Waals surface area contributed by atoms with Gasteiger partial charge in [-0.3, -0.25) is 9.89 Å². The summed E-state index contributed by atoms with van der Waals surface area (Å²) in [6.45, 7) is 16.5. The van der Waals surface area contributed by atoms with Crippen molar-refractivity contribution in [1.29, 1.82) is 0 Å². The zero-order chi connectivity index (χ0) is 21.2. The van der Waals surface area contributed by atoms with Crippen molar-refractivity contribution < 1.29 is 0 Å². The lowest BCUT2D eigenvalue weighted by Gasteiger charge is -2.31. The lowest BCUT2D eigenvalue weighted by atomic mass is 9.97. The lowest BCUT2D eigenvalue weighted by molar-refractivity contribution is 0.179. The third-order valence-corrected chi connectivity index (χ3v) is 7.25. The Balaban J connectivity index is 1.32. The van der Waals surface area contributed by atoms with Gasteiger partial charge in [0.15, 0.2) is 5.96 Å². The number of hydrogen-bond acceptors (Lipinski definition) is 5. The van der Waals surface area contributed by atoms with Crippen LogP contribution in [-0.4, -0.2) is 73.1 Å². The molecule has 2 aliphatic rings. The molecule has 3 rings (SSSR count). The van der Waals surface area contributed by atoms with Gasteiger partial charge in [-0.1, -0.05) is 6.92 Å². The van der Waals surface area contributed by atoms with Crippen LogP contribution in [0.15, 0.2) is 10.4 Å². The van der Waals surface area contributed by atoms with Crippen LogP contribution in [0, 0.1) is 18.8 Å². The maximum atomic E-state index is 4.90. The molecule has 2 N–H and O–H groups in total. The van der Waals surface area contributed by atoms with Crippen LogP contribution in [0.5, 0.6) is 0 Å². The van der Waals surface area contributed by atoms with Crippen molar-refractivity contribution in [2.75, 3.05) is 52.4 Å². The van der Waals surface area contributed by atoms with Gasteiger partial charge in [0.2, 0.25) is 0 Å². The van der Waals surface area contributed by atoms with Crippen molar-refractivity contribution in [3.05, 3.63) is 16.1 Å². The molecule has 2 aliphatic heterocycles. The monoisotopic (exact) mass is 434 g/mol. The zero-order valence-electron chi connectivity index (χ0n) is 19.3. The van der Waals surface area contributed by atoms with Gasteiger partial charge in [0.1, 0.15) is 0 Å². The fourth-order valence-corrected chi connectivity index (χ4v) is 5.00. The number of aromatic nitrogens is 1. The normalized spacial score (nSPS) is 20.6. The van der Waals surface area contributed by atoms with E-state index in [1.54, 1.807) is 11.3 Å². The predicted molar refractivity (Wildman–Crippen MR) is 128 cm³/mol. The van der Waals surface area contributed by atoms with Crippen LogP contribution >= 0.6 is 11.3 Å². The van der Waals surface area contributed by atoms with Gasteiger partial charge in [-0.2, -0.15) is 0 Å². The van der Waals surface area contributed by atoms with E-state index < -0.39 is 0 Å². The Morgan fingerprint density at radius 1 is 1.13 bits per heavy atom. The Morgan fingerprint density at radius 2 is 1.87 bits per heavy atom. The maximum Gasteiger partial charge on any atom is 0.191 e. The number of nitrogens with one attached hydrogen (secondary N) is 2. The van der Waals surface area contributed by atoms with Crippen LogP contribution in [-0.2, 0) is 6.54 Å². The molecule has 2 fully saturated rings. The molecule has 1 aromatic heterocycles. The van der Waals surface area contributed by atoms with Crippen molar-refractivity contribution in [3.63, 3.8) is 0 Å². The topological polar surface area (TPSA) is 55.8 Å². The van der Waals surface area contributed by atoms with Gasteiger partial charge in [-0.05, 0) is 90.5 Å². The number of guanidine groups is 1. The second-order valence-electron chi connectivity index (χ2n) is 9.10. The summed E-state index contributed by atoms with van der Waals surface area (Å²) in [6.07, 6.45) is 6.38. The van der Waals surface area contributed by atoms with Gasteiger partial charge < -0.3 is 15.5 Å². The van der Waals surface area contributed by atoms with Crippen LogP contribution < -0.4 is 10.6 Å².